The monoisotopic (exact) mass is 242 g/mol. The first-order valence-electron chi connectivity index (χ1n) is 6.42. The molecule has 3 rings (SSSR count). The largest absolute Gasteiger partial charge is 0.296 e. The quantitative estimate of drug-likeness (QED) is 0.701. The Morgan fingerprint density at radius 2 is 1.17 bits per heavy atom. The van der Waals surface area contributed by atoms with Crippen molar-refractivity contribution in [2.24, 2.45) is 10.2 Å². The molecular weight excluding hydrogens is 228 g/mol. The Hall–Kier alpha value is -1.84. The Balaban J connectivity index is 2.11. The molecule has 1 heterocycles. The van der Waals surface area contributed by atoms with Crippen LogP contribution in [0, 0.1) is 0 Å². The van der Waals surface area contributed by atoms with Crippen molar-refractivity contribution in [3.63, 3.8) is 0 Å². The van der Waals surface area contributed by atoms with Gasteiger partial charge in [0.15, 0.2) is 0 Å². The van der Waals surface area contributed by atoms with Gasteiger partial charge in [-0.05, 0) is 48.9 Å². The number of azo groups is 1. The molecule has 4 nitrogen and oxygen atoms in total. The molecule has 1 aliphatic carbocycles. The first-order chi connectivity index (χ1) is 8.75. The van der Waals surface area contributed by atoms with Gasteiger partial charge in [-0.3, -0.25) is 9.59 Å². The maximum absolute atomic E-state index is 11.7. The molecule has 0 unspecified atom stereocenters. The van der Waals surface area contributed by atoms with Crippen LogP contribution in [0.4, 0.5) is 0 Å². The molecule has 0 N–H and O–H groups in total. The van der Waals surface area contributed by atoms with Gasteiger partial charge in [0.2, 0.25) is 0 Å². The minimum absolute atomic E-state index is 0.394. The number of hydrogen-bond acceptors (Lipinski definition) is 2. The summed E-state index contributed by atoms with van der Waals surface area (Å²) in [5, 5.41) is 6.76. The van der Waals surface area contributed by atoms with E-state index in [0.29, 0.717) is 11.1 Å². The number of fused-ring (bicyclic) bond motifs is 2. The second-order valence-electron chi connectivity index (χ2n) is 4.89. The van der Waals surface area contributed by atoms with E-state index in [-0.39, 0.29) is 0 Å². The third-order valence-electron chi connectivity index (χ3n) is 3.67. The average Bonchev–Trinajstić information content (AvgIpc) is 2.34. The lowest BCUT2D eigenvalue weighted by Gasteiger charge is -2.17. The van der Waals surface area contributed by atoms with E-state index in [1.54, 1.807) is 0 Å². The topological polar surface area (TPSA) is 58.9 Å². The second-order valence-corrected chi connectivity index (χ2v) is 4.89. The van der Waals surface area contributed by atoms with Crippen LogP contribution in [0.25, 0.3) is 0 Å². The minimum Gasteiger partial charge on any atom is -0.265 e. The summed E-state index contributed by atoms with van der Waals surface area (Å²) in [5.41, 5.74) is 3.25. The summed E-state index contributed by atoms with van der Waals surface area (Å²) in [6.07, 6.45) is 6.75. The fourth-order valence-electron chi connectivity index (χ4n) is 2.69. The highest BCUT2D eigenvalue weighted by atomic mass is 16.2. The number of benzene rings is 1. The number of rotatable bonds is 0. The van der Waals surface area contributed by atoms with Crippen LogP contribution in [0.15, 0.2) is 22.4 Å². The van der Waals surface area contributed by atoms with Gasteiger partial charge in [0, 0.05) is 0 Å². The Bertz CT molecular complexity index is 512. The van der Waals surface area contributed by atoms with Crippen molar-refractivity contribution in [2.75, 3.05) is 0 Å². The number of aryl methyl sites for hydroxylation is 2. The number of carbonyl (C=O) groups excluding carboxylic acids is 2. The van der Waals surface area contributed by atoms with Gasteiger partial charge in [-0.15, -0.1) is 10.2 Å². The lowest BCUT2D eigenvalue weighted by molar-refractivity contribution is 0.0920. The predicted octanol–water partition coefficient (Wildman–Crippen LogP) is 3.09. The summed E-state index contributed by atoms with van der Waals surface area (Å²) in [5.74, 6) is -0.788. The highest BCUT2D eigenvalue weighted by Gasteiger charge is 2.24. The third-order valence-corrected chi connectivity index (χ3v) is 3.67. The van der Waals surface area contributed by atoms with E-state index in [1.165, 1.54) is 24.0 Å². The van der Waals surface area contributed by atoms with Gasteiger partial charge in [0.05, 0.1) is 11.1 Å². The van der Waals surface area contributed by atoms with E-state index in [1.807, 2.05) is 12.1 Å². The van der Waals surface area contributed by atoms with E-state index >= 15 is 0 Å². The molecule has 2 amide bonds. The fourth-order valence-corrected chi connectivity index (χ4v) is 2.69. The summed E-state index contributed by atoms with van der Waals surface area (Å²) in [4.78, 5) is 23.3. The molecule has 4 heteroatoms. The van der Waals surface area contributed by atoms with Crippen LogP contribution in [0.2, 0.25) is 0 Å². The zero-order chi connectivity index (χ0) is 12.5. The molecule has 0 spiro atoms. The van der Waals surface area contributed by atoms with Crippen molar-refractivity contribution in [1.29, 1.82) is 0 Å². The third kappa shape index (κ3) is 1.88. The predicted molar refractivity (Wildman–Crippen MR) is 65.8 cm³/mol. The van der Waals surface area contributed by atoms with E-state index in [2.05, 4.69) is 10.2 Å². The van der Waals surface area contributed by atoms with Crippen molar-refractivity contribution in [2.45, 2.75) is 38.5 Å². The second kappa shape index (κ2) is 4.44. The zero-order valence-electron chi connectivity index (χ0n) is 10.1. The summed E-state index contributed by atoms with van der Waals surface area (Å²) < 4.78 is 0. The summed E-state index contributed by atoms with van der Waals surface area (Å²) in [6, 6.07) is 3.71. The number of carbonyl (C=O) groups is 2. The highest BCUT2D eigenvalue weighted by molar-refractivity contribution is 6.11. The Kier molecular flexibility index (Phi) is 2.78. The van der Waals surface area contributed by atoms with Crippen LogP contribution in [-0.2, 0) is 12.8 Å². The Labute approximate surface area is 105 Å². The van der Waals surface area contributed by atoms with E-state index in [4.69, 9.17) is 0 Å². The average molecular weight is 242 g/mol. The fraction of sp³-hybridized carbons (Fsp3) is 0.429. The van der Waals surface area contributed by atoms with Gasteiger partial charge in [-0.25, -0.2) is 0 Å². The molecule has 0 fully saturated rings. The maximum atomic E-state index is 11.7. The molecular formula is C14H14N2O2. The molecule has 1 aliphatic heterocycles. The lowest BCUT2D eigenvalue weighted by atomic mass is 9.89. The lowest BCUT2D eigenvalue weighted by Crippen LogP contribution is -2.14. The van der Waals surface area contributed by atoms with Gasteiger partial charge >= 0.3 is 0 Å². The van der Waals surface area contributed by atoms with Crippen LogP contribution in [0.3, 0.4) is 0 Å². The molecule has 92 valence electrons. The summed E-state index contributed by atoms with van der Waals surface area (Å²) in [6.45, 7) is 0. The molecule has 2 aliphatic rings. The highest BCUT2D eigenvalue weighted by Crippen LogP contribution is 2.26. The first kappa shape index (κ1) is 11.3. The van der Waals surface area contributed by atoms with Crippen molar-refractivity contribution in [3.05, 3.63) is 34.4 Å². The summed E-state index contributed by atoms with van der Waals surface area (Å²) >= 11 is 0. The maximum Gasteiger partial charge on any atom is 0.296 e. The first-order valence-corrected chi connectivity index (χ1v) is 6.42. The molecule has 1 aromatic carbocycles. The van der Waals surface area contributed by atoms with E-state index in [9.17, 15) is 9.59 Å². The van der Waals surface area contributed by atoms with Crippen LogP contribution in [0.1, 0.15) is 57.5 Å². The molecule has 0 aromatic heterocycles. The van der Waals surface area contributed by atoms with E-state index < -0.39 is 11.8 Å². The Morgan fingerprint density at radius 1 is 0.722 bits per heavy atom. The standard InChI is InChI=1S/C14H14N2O2/c17-13-11-7-9-5-3-1-2-4-6-10(9)8-12(11)14(18)16-15-13/h7-8H,1-6H2. The van der Waals surface area contributed by atoms with Gasteiger partial charge in [-0.1, -0.05) is 12.8 Å². The zero-order valence-corrected chi connectivity index (χ0v) is 10.1. The summed E-state index contributed by atoms with van der Waals surface area (Å²) in [7, 11) is 0. The van der Waals surface area contributed by atoms with Crippen molar-refractivity contribution in [3.8, 4) is 0 Å². The molecule has 0 saturated heterocycles. The number of nitrogens with zero attached hydrogens (tertiary/aromatic N) is 2. The van der Waals surface area contributed by atoms with Crippen molar-refractivity contribution >= 4 is 11.8 Å². The molecule has 0 saturated carbocycles. The van der Waals surface area contributed by atoms with Crippen LogP contribution < -0.4 is 0 Å². The van der Waals surface area contributed by atoms with Crippen LogP contribution in [0.5, 0.6) is 0 Å². The van der Waals surface area contributed by atoms with Gasteiger partial charge in [-0.2, -0.15) is 0 Å². The normalized spacial score (nSPS) is 18.9. The van der Waals surface area contributed by atoms with Crippen LogP contribution >= 0.6 is 0 Å². The van der Waals surface area contributed by atoms with Crippen molar-refractivity contribution < 1.29 is 9.59 Å². The molecule has 0 radical (unpaired) electrons. The number of hydrogen-bond donors (Lipinski definition) is 0. The smallest absolute Gasteiger partial charge is 0.265 e. The molecule has 1 aromatic rings. The SMILES string of the molecule is O=C1N=NC(=O)c2cc3c(cc21)CCCCCC3. The van der Waals surface area contributed by atoms with Gasteiger partial charge in [0.25, 0.3) is 11.8 Å². The number of amides is 2. The molecule has 0 atom stereocenters. The van der Waals surface area contributed by atoms with Crippen molar-refractivity contribution in [1.82, 2.24) is 0 Å². The molecule has 0 bridgehead atoms. The Morgan fingerprint density at radius 3 is 1.61 bits per heavy atom. The van der Waals surface area contributed by atoms with Gasteiger partial charge < -0.3 is 0 Å². The minimum atomic E-state index is -0.394. The van der Waals surface area contributed by atoms with E-state index in [0.717, 1.165) is 25.7 Å². The van der Waals surface area contributed by atoms with Crippen LogP contribution in [-0.4, -0.2) is 11.8 Å². The van der Waals surface area contributed by atoms with Gasteiger partial charge in [0.1, 0.15) is 0 Å². The molecule has 18 heavy (non-hydrogen) atoms.